The molecule has 0 radical (unpaired) electrons. The normalized spacial score (nSPS) is 17.5. The molecule has 1 saturated heterocycles. The van der Waals surface area contributed by atoms with Gasteiger partial charge in [0, 0.05) is 7.11 Å². The van der Waals surface area contributed by atoms with Crippen molar-refractivity contribution in [1.29, 1.82) is 0 Å². The number of phenols is 1. The van der Waals surface area contributed by atoms with E-state index in [1.165, 1.54) is 11.8 Å². The van der Waals surface area contributed by atoms with E-state index < -0.39 is 0 Å². The molecule has 3 rings (SSSR count). The maximum atomic E-state index is 12.8. The number of thioether (sulfide) groups is 1. The lowest BCUT2D eigenvalue weighted by atomic mass is 10.2. The number of halogens is 1. The number of phenolic OH excluding ortho intramolecular Hbond substituents is 1. The van der Waals surface area contributed by atoms with Gasteiger partial charge in [-0.05, 0) is 63.6 Å². The first-order valence-electron chi connectivity index (χ1n) is 7.91. The number of benzene rings is 2. The zero-order valence-electron chi connectivity index (χ0n) is 14.1. The van der Waals surface area contributed by atoms with Gasteiger partial charge in [-0.25, -0.2) is 4.99 Å². The molecule has 1 N–H and O–H groups in total. The second-order valence-electron chi connectivity index (χ2n) is 5.50. The van der Waals surface area contributed by atoms with Gasteiger partial charge in [0.15, 0.2) is 5.17 Å². The van der Waals surface area contributed by atoms with Crippen molar-refractivity contribution in [3.8, 4) is 5.75 Å². The molecule has 5 nitrogen and oxygen atoms in total. The second-order valence-corrected chi connectivity index (χ2v) is 7.36. The number of carbonyl (C=O) groups excluding carboxylic acids is 1. The molecule has 134 valence electrons. The van der Waals surface area contributed by atoms with E-state index >= 15 is 0 Å². The van der Waals surface area contributed by atoms with Crippen LogP contribution in [0.15, 0.2) is 62.9 Å². The lowest BCUT2D eigenvalue weighted by Gasteiger charge is -2.14. The molecule has 1 fully saturated rings. The molecule has 0 aromatic heterocycles. The molecule has 26 heavy (non-hydrogen) atoms. The van der Waals surface area contributed by atoms with E-state index in [1.54, 1.807) is 36.3 Å². The Hall–Kier alpha value is -2.09. The first-order valence-corrected chi connectivity index (χ1v) is 9.52. The highest BCUT2D eigenvalue weighted by Gasteiger charge is 2.33. The highest BCUT2D eigenvalue weighted by molar-refractivity contribution is 9.10. The molecular weight excluding hydrogens is 416 g/mol. The summed E-state index contributed by atoms with van der Waals surface area (Å²) in [6.07, 6.45) is 1.80. The molecule has 2 aromatic carbocycles. The number of amides is 1. The van der Waals surface area contributed by atoms with Gasteiger partial charge in [0.1, 0.15) is 5.75 Å². The number of amidine groups is 1. The number of hydrogen-bond acceptors (Lipinski definition) is 5. The van der Waals surface area contributed by atoms with Crippen LogP contribution in [0.3, 0.4) is 0 Å². The van der Waals surface area contributed by atoms with Crippen molar-refractivity contribution in [2.75, 3.05) is 20.3 Å². The Morgan fingerprint density at radius 2 is 2.04 bits per heavy atom. The Labute approximate surface area is 164 Å². The number of methoxy groups -OCH3 is 1. The first-order chi connectivity index (χ1) is 12.6. The maximum Gasteiger partial charge on any atom is 0.266 e. The molecule has 1 heterocycles. The average molecular weight is 433 g/mol. The lowest BCUT2D eigenvalue weighted by molar-refractivity contribution is -0.122. The fraction of sp³-hybridized carbons (Fsp3) is 0.158. The number of rotatable bonds is 5. The van der Waals surface area contributed by atoms with Gasteiger partial charge < -0.3 is 9.84 Å². The number of carbonyl (C=O) groups is 1. The van der Waals surface area contributed by atoms with Crippen LogP contribution in [0.2, 0.25) is 0 Å². The van der Waals surface area contributed by atoms with E-state index in [1.807, 2.05) is 30.3 Å². The molecule has 2 aromatic rings. The number of ether oxygens (including phenoxy) is 1. The molecule has 1 aliphatic heterocycles. The van der Waals surface area contributed by atoms with Gasteiger partial charge in [-0.15, -0.1) is 0 Å². The largest absolute Gasteiger partial charge is 0.507 e. The zero-order valence-corrected chi connectivity index (χ0v) is 16.5. The summed E-state index contributed by atoms with van der Waals surface area (Å²) in [7, 11) is 1.60. The molecule has 0 aliphatic carbocycles. The third kappa shape index (κ3) is 4.35. The number of aromatic hydroxyl groups is 1. The second kappa shape index (κ2) is 8.53. The molecule has 0 bridgehead atoms. The van der Waals surface area contributed by atoms with Crippen molar-refractivity contribution in [3.63, 3.8) is 0 Å². The van der Waals surface area contributed by atoms with Crippen LogP contribution in [0.25, 0.3) is 6.08 Å². The molecule has 0 saturated carbocycles. The zero-order chi connectivity index (χ0) is 18.5. The maximum absolute atomic E-state index is 12.8. The van der Waals surface area contributed by atoms with Gasteiger partial charge in [-0.2, -0.15) is 0 Å². The van der Waals surface area contributed by atoms with E-state index in [-0.39, 0.29) is 11.7 Å². The van der Waals surface area contributed by atoms with Crippen LogP contribution in [-0.4, -0.2) is 41.3 Å². The molecule has 0 unspecified atom stereocenters. The van der Waals surface area contributed by atoms with Crippen molar-refractivity contribution in [2.24, 2.45) is 4.99 Å². The van der Waals surface area contributed by atoms with Gasteiger partial charge in [0.05, 0.1) is 28.2 Å². The topological polar surface area (TPSA) is 62.1 Å². The van der Waals surface area contributed by atoms with Crippen LogP contribution >= 0.6 is 27.7 Å². The highest BCUT2D eigenvalue weighted by Crippen LogP contribution is 2.35. The van der Waals surface area contributed by atoms with Gasteiger partial charge in [0.2, 0.25) is 0 Å². The Morgan fingerprint density at radius 1 is 1.27 bits per heavy atom. The monoisotopic (exact) mass is 432 g/mol. The van der Waals surface area contributed by atoms with Crippen molar-refractivity contribution < 1.29 is 14.6 Å². The van der Waals surface area contributed by atoms with Gasteiger partial charge in [-0.3, -0.25) is 9.69 Å². The van der Waals surface area contributed by atoms with Crippen LogP contribution in [0.4, 0.5) is 5.69 Å². The average Bonchev–Trinajstić information content (AvgIpc) is 2.92. The number of aliphatic imine (C=N–C) groups is 1. The summed E-state index contributed by atoms with van der Waals surface area (Å²) in [5.41, 5.74) is 1.61. The van der Waals surface area contributed by atoms with Crippen LogP contribution in [0.5, 0.6) is 5.75 Å². The van der Waals surface area contributed by atoms with Gasteiger partial charge >= 0.3 is 0 Å². The molecule has 0 atom stereocenters. The van der Waals surface area contributed by atoms with Crippen LogP contribution in [0, 0.1) is 0 Å². The smallest absolute Gasteiger partial charge is 0.266 e. The summed E-state index contributed by atoms with van der Waals surface area (Å²) >= 11 is 4.62. The van der Waals surface area contributed by atoms with Crippen molar-refractivity contribution in [1.82, 2.24) is 4.90 Å². The quantitative estimate of drug-likeness (QED) is 0.710. The summed E-state index contributed by atoms with van der Waals surface area (Å²) in [5.74, 6) is 0.0523. The third-order valence-electron chi connectivity index (χ3n) is 3.66. The fourth-order valence-corrected chi connectivity index (χ4v) is 3.77. The summed E-state index contributed by atoms with van der Waals surface area (Å²) in [6, 6.07) is 14.6. The van der Waals surface area contributed by atoms with Gasteiger partial charge in [-0.1, -0.05) is 24.3 Å². The van der Waals surface area contributed by atoms with E-state index in [4.69, 9.17) is 4.74 Å². The van der Waals surface area contributed by atoms with Crippen LogP contribution in [-0.2, 0) is 9.53 Å². The Morgan fingerprint density at radius 3 is 2.73 bits per heavy atom. The fourth-order valence-electron chi connectivity index (χ4n) is 2.35. The van der Waals surface area contributed by atoms with Crippen molar-refractivity contribution in [3.05, 3.63) is 63.5 Å². The van der Waals surface area contributed by atoms with Crippen LogP contribution in [0.1, 0.15) is 5.56 Å². The number of para-hydroxylation sites is 1. The van der Waals surface area contributed by atoms with Crippen LogP contribution < -0.4 is 0 Å². The third-order valence-corrected chi connectivity index (χ3v) is 5.30. The highest BCUT2D eigenvalue weighted by atomic mass is 79.9. The van der Waals surface area contributed by atoms with E-state index in [2.05, 4.69) is 20.9 Å². The summed E-state index contributed by atoms with van der Waals surface area (Å²) < 4.78 is 5.70. The Kier molecular flexibility index (Phi) is 6.13. The Balaban J connectivity index is 1.93. The van der Waals surface area contributed by atoms with Crippen molar-refractivity contribution in [2.45, 2.75) is 0 Å². The molecule has 7 heteroatoms. The number of hydrogen-bond donors (Lipinski definition) is 1. The number of nitrogens with zero attached hydrogens (tertiary/aromatic N) is 2. The molecule has 1 amide bonds. The summed E-state index contributed by atoms with van der Waals surface area (Å²) in [5, 5.41) is 10.2. The predicted octanol–water partition coefficient (Wildman–Crippen LogP) is 4.41. The minimum atomic E-state index is -0.106. The van der Waals surface area contributed by atoms with E-state index in [0.717, 1.165) is 11.3 Å². The first kappa shape index (κ1) is 18.7. The lowest BCUT2D eigenvalue weighted by Crippen LogP contribution is -2.32. The SMILES string of the molecule is COCCN1C(=O)/C(=C/c2ccc(O)c(Br)c2)SC1=Nc1ccccc1. The predicted molar refractivity (Wildman–Crippen MR) is 109 cm³/mol. The molecule has 1 aliphatic rings. The standard InChI is InChI=1S/C19H17BrN2O3S/c1-25-10-9-22-18(24)17(12-13-7-8-16(23)15(20)11-13)26-19(22)21-14-5-3-2-4-6-14/h2-8,11-12,23H,9-10H2,1H3/b17-12-,21-19?. The van der Waals surface area contributed by atoms with E-state index in [0.29, 0.717) is 27.7 Å². The van der Waals surface area contributed by atoms with Crippen molar-refractivity contribution >= 4 is 50.5 Å². The minimum absolute atomic E-state index is 0.106. The molecule has 0 spiro atoms. The van der Waals surface area contributed by atoms with E-state index in [9.17, 15) is 9.90 Å². The molecular formula is C19H17BrN2O3S. The van der Waals surface area contributed by atoms with Gasteiger partial charge in [0.25, 0.3) is 5.91 Å². The minimum Gasteiger partial charge on any atom is -0.507 e. The summed E-state index contributed by atoms with van der Waals surface area (Å²) in [4.78, 5) is 19.6. The summed E-state index contributed by atoms with van der Waals surface area (Å²) in [6.45, 7) is 0.864. The Bertz CT molecular complexity index is 868.